The van der Waals surface area contributed by atoms with Crippen LogP contribution in [0.5, 0.6) is 0 Å². The van der Waals surface area contributed by atoms with Crippen molar-refractivity contribution in [2.75, 3.05) is 39.3 Å². The molecule has 0 bridgehead atoms. The fourth-order valence-electron chi connectivity index (χ4n) is 3.20. The van der Waals surface area contributed by atoms with Crippen LogP contribution in [0.25, 0.3) is 0 Å². The van der Waals surface area contributed by atoms with E-state index in [1.54, 1.807) is 0 Å². The molecule has 5 heteroatoms. The number of carbonyl (C=O) groups excluding carboxylic acids is 2. The first kappa shape index (κ1) is 20.9. The van der Waals surface area contributed by atoms with Crippen LogP contribution in [0.15, 0.2) is 0 Å². The van der Waals surface area contributed by atoms with Crippen LogP contribution in [0.2, 0.25) is 0 Å². The quantitative estimate of drug-likeness (QED) is 0.702. The van der Waals surface area contributed by atoms with Gasteiger partial charge in [0.1, 0.15) is 0 Å². The fourth-order valence-corrected chi connectivity index (χ4v) is 3.20. The summed E-state index contributed by atoms with van der Waals surface area (Å²) in [6.45, 7) is 15.3. The number of piperidine rings is 1. The van der Waals surface area contributed by atoms with Crippen molar-refractivity contribution in [3.8, 4) is 0 Å². The minimum absolute atomic E-state index is 0.116. The Morgan fingerprint density at radius 1 is 1.08 bits per heavy atom. The maximum absolute atomic E-state index is 12.6. The van der Waals surface area contributed by atoms with Crippen LogP contribution in [0.1, 0.15) is 53.9 Å². The average molecular weight is 340 g/mol. The van der Waals surface area contributed by atoms with Crippen LogP contribution in [0.4, 0.5) is 0 Å². The van der Waals surface area contributed by atoms with Gasteiger partial charge in [-0.3, -0.25) is 14.5 Å². The number of rotatable bonds is 9. The van der Waals surface area contributed by atoms with Crippen molar-refractivity contribution in [1.82, 2.24) is 15.1 Å². The molecule has 0 atom stereocenters. The zero-order valence-corrected chi connectivity index (χ0v) is 16.3. The van der Waals surface area contributed by atoms with Crippen LogP contribution >= 0.6 is 0 Å². The summed E-state index contributed by atoms with van der Waals surface area (Å²) in [4.78, 5) is 28.9. The van der Waals surface area contributed by atoms with E-state index in [1.165, 1.54) is 0 Å². The first-order chi connectivity index (χ1) is 11.3. The van der Waals surface area contributed by atoms with E-state index >= 15 is 0 Å². The third-order valence-corrected chi connectivity index (χ3v) is 4.39. The molecule has 0 unspecified atom stereocenters. The van der Waals surface area contributed by atoms with Crippen LogP contribution in [-0.4, -0.2) is 60.9 Å². The number of amides is 2. The van der Waals surface area contributed by atoms with Gasteiger partial charge in [-0.2, -0.15) is 0 Å². The maximum atomic E-state index is 12.6. The molecule has 1 aliphatic rings. The summed E-state index contributed by atoms with van der Waals surface area (Å²) < 4.78 is 0. The molecule has 0 aromatic heterocycles. The Morgan fingerprint density at radius 2 is 1.62 bits per heavy atom. The smallest absolute Gasteiger partial charge is 0.236 e. The molecule has 0 aliphatic carbocycles. The van der Waals surface area contributed by atoms with Crippen molar-refractivity contribution < 1.29 is 9.59 Å². The third-order valence-electron chi connectivity index (χ3n) is 4.39. The minimum atomic E-state index is 0.116. The minimum Gasteiger partial charge on any atom is -0.356 e. The van der Waals surface area contributed by atoms with Crippen molar-refractivity contribution in [3.05, 3.63) is 0 Å². The van der Waals surface area contributed by atoms with Crippen molar-refractivity contribution >= 4 is 11.8 Å². The number of hydrogen-bond acceptors (Lipinski definition) is 3. The second-order valence-corrected chi connectivity index (χ2v) is 7.93. The second-order valence-electron chi connectivity index (χ2n) is 7.93. The monoisotopic (exact) mass is 339 g/mol. The lowest BCUT2D eigenvalue weighted by molar-refractivity contribution is -0.134. The molecule has 1 saturated heterocycles. The number of nitrogens with zero attached hydrogens (tertiary/aromatic N) is 2. The topological polar surface area (TPSA) is 52.7 Å². The highest BCUT2D eigenvalue weighted by molar-refractivity contribution is 5.79. The van der Waals surface area contributed by atoms with E-state index in [1.807, 2.05) is 4.90 Å². The van der Waals surface area contributed by atoms with Gasteiger partial charge in [0.25, 0.3) is 0 Å². The van der Waals surface area contributed by atoms with Gasteiger partial charge in [-0.15, -0.1) is 0 Å². The summed E-state index contributed by atoms with van der Waals surface area (Å²) in [7, 11) is 0. The molecule has 5 nitrogen and oxygen atoms in total. The van der Waals surface area contributed by atoms with Crippen LogP contribution in [-0.2, 0) is 9.59 Å². The number of hydrogen-bond donors (Lipinski definition) is 1. The summed E-state index contributed by atoms with van der Waals surface area (Å²) in [6.07, 6.45) is 2.69. The Kier molecular flexibility index (Phi) is 9.34. The van der Waals surface area contributed by atoms with E-state index in [0.717, 1.165) is 52.0 Å². The van der Waals surface area contributed by atoms with Crippen LogP contribution in [0.3, 0.4) is 0 Å². The summed E-state index contributed by atoms with van der Waals surface area (Å²) in [5.74, 6) is 1.50. The molecule has 0 aromatic rings. The molecule has 140 valence electrons. The van der Waals surface area contributed by atoms with E-state index in [0.29, 0.717) is 18.4 Å². The van der Waals surface area contributed by atoms with E-state index in [9.17, 15) is 9.59 Å². The zero-order chi connectivity index (χ0) is 18.1. The number of likely N-dealkylation sites (tertiary alicyclic amines) is 1. The van der Waals surface area contributed by atoms with Gasteiger partial charge in [0, 0.05) is 25.6 Å². The van der Waals surface area contributed by atoms with Gasteiger partial charge in [-0.1, -0.05) is 34.6 Å². The third kappa shape index (κ3) is 7.65. The van der Waals surface area contributed by atoms with Crippen molar-refractivity contribution in [2.24, 2.45) is 17.8 Å². The van der Waals surface area contributed by atoms with Gasteiger partial charge in [0.2, 0.25) is 11.8 Å². The number of carbonyl (C=O) groups is 2. The molecule has 1 N–H and O–H groups in total. The standard InChI is InChI=1S/C19H37N3O2/c1-6-9-20-19(24)17-7-10-21(11-8-17)14-18(23)22(12-15(2)3)13-16(4)5/h15-17H,6-14H2,1-5H3,(H,20,24). The van der Waals surface area contributed by atoms with Gasteiger partial charge in [-0.05, 0) is 44.2 Å². The van der Waals surface area contributed by atoms with Gasteiger partial charge in [0.15, 0.2) is 0 Å². The lowest BCUT2D eigenvalue weighted by Crippen LogP contribution is -2.47. The molecule has 1 fully saturated rings. The lowest BCUT2D eigenvalue weighted by atomic mass is 9.96. The highest BCUT2D eigenvalue weighted by atomic mass is 16.2. The summed E-state index contributed by atoms with van der Waals surface area (Å²) in [5.41, 5.74) is 0. The van der Waals surface area contributed by atoms with Gasteiger partial charge in [0.05, 0.1) is 6.54 Å². The molecule has 24 heavy (non-hydrogen) atoms. The highest BCUT2D eigenvalue weighted by Crippen LogP contribution is 2.17. The summed E-state index contributed by atoms with van der Waals surface area (Å²) in [5, 5.41) is 2.99. The highest BCUT2D eigenvalue weighted by Gasteiger charge is 2.27. The molecule has 1 rings (SSSR count). The maximum Gasteiger partial charge on any atom is 0.236 e. The normalized spacial score (nSPS) is 16.6. The van der Waals surface area contributed by atoms with Gasteiger partial charge in [-0.25, -0.2) is 0 Å². The second kappa shape index (κ2) is 10.7. The molecule has 0 spiro atoms. The molecule has 0 aromatic carbocycles. The van der Waals surface area contributed by atoms with Gasteiger partial charge >= 0.3 is 0 Å². The molecule has 1 aliphatic heterocycles. The largest absolute Gasteiger partial charge is 0.356 e. The summed E-state index contributed by atoms with van der Waals surface area (Å²) >= 11 is 0. The molecule has 1 heterocycles. The molecule has 2 amide bonds. The Hall–Kier alpha value is -1.10. The first-order valence-electron chi connectivity index (χ1n) is 9.61. The molecule has 0 saturated carbocycles. The van der Waals surface area contributed by atoms with Crippen LogP contribution in [0, 0.1) is 17.8 Å². The Balaban J connectivity index is 2.43. The van der Waals surface area contributed by atoms with Crippen molar-refractivity contribution in [1.29, 1.82) is 0 Å². The fraction of sp³-hybridized carbons (Fsp3) is 0.895. The van der Waals surface area contributed by atoms with E-state index in [-0.39, 0.29) is 17.7 Å². The predicted molar refractivity (Wildman–Crippen MR) is 98.7 cm³/mol. The molecule has 0 radical (unpaired) electrons. The Bertz CT molecular complexity index is 378. The van der Waals surface area contributed by atoms with E-state index < -0.39 is 0 Å². The lowest BCUT2D eigenvalue weighted by Gasteiger charge is -2.33. The van der Waals surface area contributed by atoms with Gasteiger partial charge < -0.3 is 10.2 Å². The Morgan fingerprint density at radius 3 is 2.08 bits per heavy atom. The molecular formula is C19H37N3O2. The van der Waals surface area contributed by atoms with E-state index in [2.05, 4.69) is 44.8 Å². The van der Waals surface area contributed by atoms with E-state index in [4.69, 9.17) is 0 Å². The van der Waals surface area contributed by atoms with Crippen molar-refractivity contribution in [3.63, 3.8) is 0 Å². The SMILES string of the molecule is CCCNC(=O)C1CCN(CC(=O)N(CC(C)C)CC(C)C)CC1. The zero-order valence-electron chi connectivity index (χ0n) is 16.3. The summed E-state index contributed by atoms with van der Waals surface area (Å²) in [6, 6.07) is 0. The predicted octanol–water partition coefficient (Wildman–Crippen LogP) is 2.37. The first-order valence-corrected chi connectivity index (χ1v) is 9.61. The van der Waals surface area contributed by atoms with Crippen LogP contribution < -0.4 is 5.32 Å². The van der Waals surface area contributed by atoms with Crippen molar-refractivity contribution in [2.45, 2.75) is 53.9 Å². The molecular weight excluding hydrogens is 302 g/mol. The Labute approximate surface area is 148 Å². The number of nitrogens with one attached hydrogen (secondary N) is 1. The average Bonchev–Trinajstić information content (AvgIpc) is 2.51.